The fourth-order valence-corrected chi connectivity index (χ4v) is 1.73. The first-order valence-electron chi connectivity index (χ1n) is 5.17. The number of halogens is 2. The maximum absolute atomic E-state index is 5.93. The fraction of sp³-hybridized carbons (Fsp3) is 0.167. The van der Waals surface area contributed by atoms with Crippen LogP contribution in [0.3, 0.4) is 0 Å². The Hall–Kier alpha value is -1.16. The first kappa shape index (κ1) is 12.3. The average Bonchev–Trinajstić information content (AvgIpc) is 2.35. The van der Waals surface area contributed by atoms with Crippen LogP contribution < -0.4 is 5.32 Å². The molecule has 0 atom stereocenters. The molecular weight excluding hydrogens is 257 g/mol. The summed E-state index contributed by atoms with van der Waals surface area (Å²) < 4.78 is 0. The van der Waals surface area contributed by atoms with Crippen molar-refractivity contribution in [2.45, 2.75) is 13.1 Å². The van der Waals surface area contributed by atoms with E-state index in [-0.39, 0.29) is 0 Å². The Morgan fingerprint density at radius 1 is 1.06 bits per heavy atom. The van der Waals surface area contributed by atoms with Crippen molar-refractivity contribution in [1.82, 2.24) is 15.5 Å². The second kappa shape index (κ2) is 5.96. The standard InChI is InChI=1S/C12H11Cl2N3/c13-11-4-3-9(6-12(11)14)7-15-8-10-2-1-5-16-17-10/h1-6,15H,7-8H2. The van der Waals surface area contributed by atoms with Gasteiger partial charge in [0.2, 0.25) is 0 Å². The normalized spacial score (nSPS) is 10.5. The first-order valence-corrected chi connectivity index (χ1v) is 5.92. The average molecular weight is 268 g/mol. The summed E-state index contributed by atoms with van der Waals surface area (Å²) in [5, 5.41) is 12.2. The molecule has 0 bridgehead atoms. The van der Waals surface area contributed by atoms with Crippen molar-refractivity contribution in [3.63, 3.8) is 0 Å². The van der Waals surface area contributed by atoms with Crippen molar-refractivity contribution < 1.29 is 0 Å². The molecule has 1 heterocycles. The van der Waals surface area contributed by atoms with Crippen LogP contribution in [0.1, 0.15) is 11.3 Å². The van der Waals surface area contributed by atoms with E-state index in [9.17, 15) is 0 Å². The third-order valence-corrected chi connectivity index (χ3v) is 2.99. The highest BCUT2D eigenvalue weighted by Gasteiger charge is 1.99. The Kier molecular flexibility index (Phi) is 4.31. The van der Waals surface area contributed by atoms with Crippen LogP contribution in [0.5, 0.6) is 0 Å². The number of nitrogens with one attached hydrogen (secondary N) is 1. The predicted molar refractivity (Wildman–Crippen MR) is 69.0 cm³/mol. The van der Waals surface area contributed by atoms with Crippen molar-refractivity contribution >= 4 is 23.2 Å². The van der Waals surface area contributed by atoms with Crippen molar-refractivity contribution in [3.05, 3.63) is 57.8 Å². The van der Waals surface area contributed by atoms with E-state index in [0.717, 1.165) is 11.3 Å². The van der Waals surface area contributed by atoms with E-state index in [2.05, 4.69) is 15.5 Å². The summed E-state index contributed by atoms with van der Waals surface area (Å²) in [6.45, 7) is 1.39. The molecule has 0 amide bonds. The van der Waals surface area contributed by atoms with E-state index in [1.54, 1.807) is 12.3 Å². The van der Waals surface area contributed by atoms with Crippen molar-refractivity contribution in [1.29, 1.82) is 0 Å². The van der Waals surface area contributed by atoms with Crippen LogP contribution in [-0.4, -0.2) is 10.2 Å². The van der Waals surface area contributed by atoms with E-state index >= 15 is 0 Å². The van der Waals surface area contributed by atoms with Gasteiger partial charge in [0, 0.05) is 19.3 Å². The Labute approximate surface area is 110 Å². The van der Waals surface area contributed by atoms with Crippen LogP contribution in [0.15, 0.2) is 36.5 Å². The third-order valence-electron chi connectivity index (χ3n) is 2.25. The monoisotopic (exact) mass is 267 g/mol. The van der Waals surface area contributed by atoms with Crippen LogP contribution in [0, 0.1) is 0 Å². The van der Waals surface area contributed by atoms with Gasteiger partial charge in [-0.25, -0.2) is 0 Å². The number of hydrogen-bond acceptors (Lipinski definition) is 3. The number of hydrogen-bond donors (Lipinski definition) is 1. The molecule has 1 N–H and O–H groups in total. The Morgan fingerprint density at radius 3 is 2.65 bits per heavy atom. The Morgan fingerprint density at radius 2 is 1.94 bits per heavy atom. The second-order valence-electron chi connectivity index (χ2n) is 3.57. The minimum absolute atomic E-state index is 0.573. The van der Waals surface area contributed by atoms with Gasteiger partial charge in [-0.2, -0.15) is 10.2 Å². The molecule has 1 aromatic heterocycles. The van der Waals surface area contributed by atoms with Crippen molar-refractivity contribution in [2.75, 3.05) is 0 Å². The number of rotatable bonds is 4. The first-order chi connectivity index (χ1) is 8.25. The number of aromatic nitrogens is 2. The molecule has 0 unspecified atom stereocenters. The summed E-state index contributed by atoms with van der Waals surface area (Å²) in [6, 6.07) is 9.38. The second-order valence-corrected chi connectivity index (χ2v) is 4.38. The highest BCUT2D eigenvalue weighted by atomic mass is 35.5. The highest BCUT2D eigenvalue weighted by molar-refractivity contribution is 6.42. The molecule has 0 spiro atoms. The molecule has 0 aliphatic rings. The van der Waals surface area contributed by atoms with E-state index in [4.69, 9.17) is 23.2 Å². The maximum Gasteiger partial charge on any atom is 0.0769 e. The SMILES string of the molecule is Clc1ccc(CNCc2cccnn2)cc1Cl. The molecule has 2 aromatic rings. The van der Waals surface area contributed by atoms with Gasteiger partial charge < -0.3 is 5.32 Å². The van der Waals surface area contributed by atoms with Gasteiger partial charge >= 0.3 is 0 Å². The maximum atomic E-state index is 5.93. The molecule has 0 saturated heterocycles. The topological polar surface area (TPSA) is 37.8 Å². The van der Waals surface area contributed by atoms with Crippen molar-refractivity contribution in [3.8, 4) is 0 Å². The molecule has 0 saturated carbocycles. The quantitative estimate of drug-likeness (QED) is 0.926. The number of nitrogens with zero attached hydrogens (tertiary/aromatic N) is 2. The lowest BCUT2D eigenvalue weighted by molar-refractivity contribution is 0.670. The molecule has 3 nitrogen and oxygen atoms in total. The van der Waals surface area contributed by atoms with Crippen LogP contribution >= 0.6 is 23.2 Å². The van der Waals surface area contributed by atoms with Gasteiger partial charge in [0.05, 0.1) is 15.7 Å². The Bertz CT molecular complexity index is 488. The molecule has 1 aromatic carbocycles. The van der Waals surface area contributed by atoms with E-state index < -0.39 is 0 Å². The van der Waals surface area contributed by atoms with E-state index in [0.29, 0.717) is 23.1 Å². The zero-order valence-corrected chi connectivity index (χ0v) is 10.5. The Balaban J connectivity index is 1.88. The molecule has 5 heteroatoms. The summed E-state index contributed by atoms with van der Waals surface area (Å²) in [5.74, 6) is 0. The third kappa shape index (κ3) is 3.66. The zero-order chi connectivity index (χ0) is 12.1. The largest absolute Gasteiger partial charge is 0.307 e. The summed E-state index contributed by atoms with van der Waals surface area (Å²) >= 11 is 11.8. The minimum Gasteiger partial charge on any atom is -0.307 e. The van der Waals surface area contributed by atoms with Crippen molar-refractivity contribution in [2.24, 2.45) is 0 Å². The summed E-state index contributed by atoms with van der Waals surface area (Å²) in [6.07, 6.45) is 1.66. The predicted octanol–water partition coefficient (Wildman–Crippen LogP) is 3.07. The van der Waals surface area contributed by atoms with Crippen LogP contribution in [0.4, 0.5) is 0 Å². The zero-order valence-electron chi connectivity index (χ0n) is 9.03. The molecule has 2 rings (SSSR count). The molecule has 0 aliphatic carbocycles. The van der Waals surface area contributed by atoms with Gasteiger partial charge in [-0.3, -0.25) is 0 Å². The van der Waals surface area contributed by atoms with E-state index in [1.807, 2.05) is 24.3 Å². The van der Waals surface area contributed by atoms with Gasteiger partial charge in [0.15, 0.2) is 0 Å². The lowest BCUT2D eigenvalue weighted by Crippen LogP contribution is -2.13. The van der Waals surface area contributed by atoms with Gasteiger partial charge in [0.25, 0.3) is 0 Å². The molecule has 0 aliphatic heterocycles. The molecule has 0 fully saturated rings. The molecular formula is C12H11Cl2N3. The smallest absolute Gasteiger partial charge is 0.0769 e. The molecule has 88 valence electrons. The molecule has 0 radical (unpaired) electrons. The van der Waals surface area contributed by atoms with Crippen LogP contribution in [0.25, 0.3) is 0 Å². The fourth-order valence-electron chi connectivity index (χ4n) is 1.41. The summed E-state index contributed by atoms with van der Waals surface area (Å²) in [4.78, 5) is 0. The van der Waals surface area contributed by atoms with Crippen LogP contribution in [-0.2, 0) is 13.1 Å². The summed E-state index contributed by atoms with van der Waals surface area (Å²) in [5.41, 5.74) is 2.00. The van der Waals surface area contributed by atoms with Gasteiger partial charge in [0.1, 0.15) is 0 Å². The lowest BCUT2D eigenvalue weighted by atomic mass is 10.2. The summed E-state index contributed by atoms with van der Waals surface area (Å²) in [7, 11) is 0. The minimum atomic E-state index is 0.573. The lowest BCUT2D eigenvalue weighted by Gasteiger charge is -2.05. The molecule has 17 heavy (non-hydrogen) atoms. The van der Waals surface area contributed by atoms with Gasteiger partial charge in [-0.1, -0.05) is 29.3 Å². The van der Waals surface area contributed by atoms with Gasteiger partial charge in [-0.05, 0) is 29.8 Å². The highest BCUT2D eigenvalue weighted by Crippen LogP contribution is 2.22. The number of benzene rings is 1. The van der Waals surface area contributed by atoms with E-state index in [1.165, 1.54) is 0 Å². The van der Waals surface area contributed by atoms with Crippen LogP contribution in [0.2, 0.25) is 10.0 Å². The van der Waals surface area contributed by atoms with Gasteiger partial charge in [-0.15, -0.1) is 0 Å².